The number of urea groups is 1. The van der Waals surface area contributed by atoms with Crippen LogP contribution in [0.15, 0.2) is 48.7 Å². The maximum atomic E-state index is 11.9. The normalized spacial score (nSPS) is 10.6. The molecule has 0 unspecified atom stereocenters. The summed E-state index contributed by atoms with van der Waals surface area (Å²) < 4.78 is 0. The molecule has 0 bridgehead atoms. The molecule has 3 heteroatoms. The van der Waals surface area contributed by atoms with E-state index in [0.717, 1.165) is 22.4 Å². The van der Waals surface area contributed by atoms with E-state index in [-0.39, 0.29) is 6.03 Å². The van der Waals surface area contributed by atoms with Crippen molar-refractivity contribution in [2.75, 3.05) is 5.32 Å². The summed E-state index contributed by atoms with van der Waals surface area (Å²) in [6.45, 7) is 6.01. The van der Waals surface area contributed by atoms with Gasteiger partial charge in [0.15, 0.2) is 0 Å². The highest BCUT2D eigenvalue weighted by Gasteiger charge is 2.02. The maximum absolute atomic E-state index is 11.9. The van der Waals surface area contributed by atoms with Crippen molar-refractivity contribution < 1.29 is 4.79 Å². The molecular weight excluding hydrogens is 260 g/mol. The van der Waals surface area contributed by atoms with Gasteiger partial charge in [0, 0.05) is 11.9 Å². The van der Waals surface area contributed by atoms with E-state index < -0.39 is 0 Å². The third-order valence-corrected chi connectivity index (χ3v) is 3.17. The van der Waals surface area contributed by atoms with Crippen LogP contribution < -0.4 is 10.6 Å². The van der Waals surface area contributed by atoms with E-state index in [1.54, 1.807) is 6.20 Å². The minimum Gasteiger partial charge on any atom is -0.314 e. The lowest BCUT2D eigenvalue weighted by molar-refractivity contribution is 0.255. The first-order valence-electron chi connectivity index (χ1n) is 6.92. The smallest absolute Gasteiger partial charge is 0.314 e. The summed E-state index contributed by atoms with van der Waals surface area (Å²) in [6.07, 6.45) is 3.52. The predicted molar refractivity (Wildman–Crippen MR) is 88.3 cm³/mol. The molecule has 2 amide bonds. The largest absolute Gasteiger partial charge is 0.323 e. The Bertz CT molecular complexity index is 675. The Morgan fingerprint density at radius 1 is 1.00 bits per heavy atom. The minimum atomic E-state index is -0.243. The highest BCUT2D eigenvalue weighted by molar-refractivity contribution is 5.91. The molecule has 3 nitrogen and oxygen atoms in total. The van der Waals surface area contributed by atoms with Crippen molar-refractivity contribution in [1.29, 1.82) is 0 Å². The van der Waals surface area contributed by atoms with Crippen LogP contribution in [-0.4, -0.2) is 6.03 Å². The van der Waals surface area contributed by atoms with Gasteiger partial charge in [0.05, 0.1) is 0 Å². The van der Waals surface area contributed by atoms with Gasteiger partial charge < -0.3 is 10.6 Å². The number of amides is 2. The van der Waals surface area contributed by atoms with Gasteiger partial charge in [-0.1, -0.05) is 42.0 Å². The summed E-state index contributed by atoms with van der Waals surface area (Å²) in [6, 6.07) is 13.8. The van der Waals surface area contributed by atoms with Crippen LogP contribution in [0.5, 0.6) is 0 Å². The number of aryl methyl sites for hydroxylation is 3. The molecule has 108 valence electrons. The fourth-order valence-corrected chi connectivity index (χ4v) is 2.02. The van der Waals surface area contributed by atoms with Crippen LogP contribution in [0.1, 0.15) is 22.3 Å². The van der Waals surface area contributed by atoms with E-state index in [1.807, 2.05) is 63.2 Å². The Morgan fingerprint density at radius 3 is 2.52 bits per heavy atom. The van der Waals surface area contributed by atoms with E-state index in [9.17, 15) is 4.79 Å². The monoisotopic (exact) mass is 280 g/mol. The lowest BCUT2D eigenvalue weighted by Crippen LogP contribution is -2.24. The molecule has 0 saturated carbocycles. The molecule has 2 aromatic carbocycles. The summed E-state index contributed by atoms with van der Waals surface area (Å²) in [5, 5.41) is 5.56. The minimum absolute atomic E-state index is 0.243. The van der Waals surface area contributed by atoms with Gasteiger partial charge in [-0.25, -0.2) is 4.79 Å². The van der Waals surface area contributed by atoms with Crippen LogP contribution in [0.3, 0.4) is 0 Å². The average molecular weight is 280 g/mol. The second kappa shape index (κ2) is 6.75. The van der Waals surface area contributed by atoms with Gasteiger partial charge >= 0.3 is 6.03 Å². The Balaban J connectivity index is 1.94. The van der Waals surface area contributed by atoms with Gasteiger partial charge in [0.2, 0.25) is 0 Å². The standard InChI is InChI=1S/C18H20N2O/c1-13-5-4-6-16(11-13)9-10-19-18(21)20-17-12-14(2)7-8-15(17)3/h4-12H,1-3H3,(H2,19,20,21)/b10-9+. The topological polar surface area (TPSA) is 41.1 Å². The third-order valence-electron chi connectivity index (χ3n) is 3.17. The summed E-state index contributed by atoms with van der Waals surface area (Å²) in [5.41, 5.74) is 5.24. The molecule has 2 rings (SSSR count). The zero-order valence-electron chi connectivity index (χ0n) is 12.6. The average Bonchev–Trinajstić information content (AvgIpc) is 2.43. The summed E-state index contributed by atoms with van der Waals surface area (Å²) in [7, 11) is 0. The van der Waals surface area contributed by atoms with Crippen LogP contribution in [0.2, 0.25) is 0 Å². The highest BCUT2D eigenvalue weighted by Crippen LogP contribution is 2.16. The second-order valence-electron chi connectivity index (χ2n) is 5.16. The molecule has 0 radical (unpaired) electrons. The Kier molecular flexibility index (Phi) is 4.77. The summed E-state index contributed by atoms with van der Waals surface area (Å²) >= 11 is 0. The molecule has 2 N–H and O–H groups in total. The zero-order valence-corrected chi connectivity index (χ0v) is 12.6. The van der Waals surface area contributed by atoms with Crippen molar-refractivity contribution in [3.05, 3.63) is 70.9 Å². The van der Waals surface area contributed by atoms with Crippen molar-refractivity contribution in [2.45, 2.75) is 20.8 Å². The number of carbonyl (C=O) groups is 1. The van der Waals surface area contributed by atoms with Crippen molar-refractivity contribution in [3.8, 4) is 0 Å². The van der Waals surface area contributed by atoms with Crippen molar-refractivity contribution >= 4 is 17.8 Å². The summed E-state index contributed by atoms with van der Waals surface area (Å²) in [5.74, 6) is 0. The number of hydrogen-bond donors (Lipinski definition) is 2. The van der Waals surface area contributed by atoms with Crippen LogP contribution in [-0.2, 0) is 0 Å². The first-order valence-corrected chi connectivity index (χ1v) is 6.92. The van der Waals surface area contributed by atoms with Crippen molar-refractivity contribution in [2.24, 2.45) is 0 Å². The number of hydrogen-bond acceptors (Lipinski definition) is 1. The lowest BCUT2D eigenvalue weighted by Gasteiger charge is -2.08. The van der Waals surface area contributed by atoms with Crippen molar-refractivity contribution in [3.63, 3.8) is 0 Å². The van der Waals surface area contributed by atoms with Gasteiger partial charge in [0.1, 0.15) is 0 Å². The molecule has 0 fully saturated rings. The Morgan fingerprint density at radius 2 is 1.76 bits per heavy atom. The number of anilines is 1. The molecular formula is C18H20N2O. The fourth-order valence-electron chi connectivity index (χ4n) is 2.02. The van der Waals surface area contributed by atoms with E-state index >= 15 is 0 Å². The molecule has 0 aliphatic heterocycles. The molecule has 0 spiro atoms. The van der Waals surface area contributed by atoms with Crippen LogP contribution in [0.25, 0.3) is 6.08 Å². The van der Waals surface area contributed by atoms with Crippen molar-refractivity contribution in [1.82, 2.24) is 5.32 Å². The lowest BCUT2D eigenvalue weighted by atomic mass is 10.1. The molecule has 0 atom stereocenters. The first-order chi connectivity index (χ1) is 10.0. The number of rotatable bonds is 3. The maximum Gasteiger partial charge on any atom is 0.323 e. The molecule has 0 saturated heterocycles. The van der Waals surface area contributed by atoms with Crippen LogP contribution in [0.4, 0.5) is 10.5 Å². The van der Waals surface area contributed by atoms with E-state index in [4.69, 9.17) is 0 Å². The molecule has 21 heavy (non-hydrogen) atoms. The quantitative estimate of drug-likeness (QED) is 0.859. The number of carbonyl (C=O) groups excluding carboxylic acids is 1. The second-order valence-corrected chi connectivity index (χ2v) is 5.16. The van der Waals surface area contributed by atoms with Gasteiger partial charge in [-0.3, -0.25) is 0 Å². The Hall–Kier alpha value is -2.55. The predicted octanol–water partition coefficient (Wildman–Crippen LogP) is 4.40. The van der Waals surface area contributed by atoms with E-state index in [1.165, 1.54) is 5.56 Å². The van der Waals surface area contributed by atoms with Crippen LogP contribution in [0, 0.1) is 20.8 Å². The highest BCUT2D eigenvalue weighted by atomic mass is 16.2. The van der Waals surface area contributed by atoms with Gasteiger partial charge in [-0.15, -0.1) is 0 Å². The van der Waals surface area contributed by atoms with E-state index in [0.29, 0.717) is 0 Å². The van der Waals surface area contributed by atoms with Gasteiger partial charge in [-0.2, -0.15) is 0 Å². The SMILES string of the molecule is Cc1cccc(/C=C/NC(=O)Nc2cc(C)ccc2C)c1. The Labute approximate surface area is 125 Å². The first kappa shape index (κ1) is 14.9. The van der Waals surface area contributed by atoms with Gasteiger partial charge in [0.25, 0.3) is 0 Å². The number of nitrogens with one attached hydrogen (secondary N) is 2. The summed E-state index contributed by atoms with van der Waals surface area (Å²) in [4.78, 5) is 11.9. The van der Waals surface area contributed by atoms with Crippen LogP contribution >= 0.6 is 0 Å². The third kappa shape index (κ3) is 4.49. The number of benzene rings is 2. The molecule has 0 heterocycles. The molecule has 0 aromatic heterocycles. The fraction of sp³-hybridized carbons (Fsp3) is 0.167. The molecule has 0 aliphatic carbocycles. The van der Waals surface area contributed by atoms with Gasteiger partial charge in [-0.05, 0) is 49.6 Å². The van der Waals surface area contributed by atoms with E-state index in [2.05, 4.69) is 16.7 Å². The molecule has 0 aliphatic rings. The molecule has 2 aromatic rings. The zero-order chi connectivity index (χ0) is 15.2.